The Balaban J connectivity index is 1.68. The number of halogens is 1. The second-order valence-corrected chi connectivity index (χ2v) is 6.08. The first-order valence-corrected chi connectivity index (χ1v) is 7.65. The highest BCUT2D eigenvalue weighted by Gasteiger charge is 2.24. The number of fused-ring (bicyclic) bond motifs is 1. The van der Waals surface area contributed by atoms with Crippen molar-refractivity contribution in [3.63, 3.8) is 0 Å². The van der Waals surface area contributed by atoms with Gasteiger partial charge >= 0.3 is 0 Å². The van der Waals surface area contributed by atoms with Crippen LogP contribution in [0.3, 0.4) is 0 Å². The van der Waals surface area contributed by atoms with Gasteiger partial charge in [0.05, 0.1) is 10.7 Å². The third-order valence-corrected chi connectivity index (χ3v) is 4.40. The fourth-order valence-corrected chi connectivity index (χ4v) is 3.29. The molecule has 0 saturated heterocycles. The molecule has 1 N–H and O–H groups in total. The molecule has 3 heteroatoms. The lowest BCUT2D eigenvalue weighted by molar-refractivity contribution is -0.116. The summed E-state index contributed by atoms with van der Waals surface area (Å²) in [6.45, 7) is 1.98. The van der Waals surface area contributed by atoms with E-state index in [0.717, 1.165) is 18.4 Å². The molecule has 0 heterocycles. The lowest BCUT2D eigenvalue weighted by Gasteiger charge is -2.12. The monoisotopic (exact) mass is 299 g/mol. The first-order valence-electron chi connectivity index (χ1n) is 7.27. The van der Waals surface area contributed by atoms with Crippen LogP contribution >= 0.6 is 11.6 Å². The maximum atomic E-state index is 12.2. The maximum absolute atomic E-state index is 12.2. The van der Waals surface area contributed by atoms with Crippen LogP contribution in [-0.2, 0) is 11.2 Å². The zero-order valence-electron chi connectivity index (χ0n) is 12.0. The molecule has 108 valence electrons. The van der Waals surface area contributed by atoms with Crippen LogP contribution in [0.5, 0.6) is 0 Å². The van der Waals surface area contributed by atoms with Crippen LogP contribution in [0.1, 0.15) is 35.4 Å². The van der Waals surface area contributed by atoms with E-state index in [4.69, 9.17) is 11.6 Å². The SMILES string of the molecule is Cc1ccc(NC(=O)CC2CCc3ccccc32)c(Cl)c1. The second-order valence-electron chi connectivity index (χ2n) is 5.67. The Morgan fingerprint density at radius 3 is 2.90 bits per heavy atom. The van der Waals surface area contributed by atoms with Crippen molar-refractivity contribution >= 4 is 23.2 Å². The van der Waals surface area contributed by atoms with E-state index in [1.54, 1.807) is 0 Å². The molecule has 0 spiro atoms. The molecule has 0 fully saturated rings. The minimum absolute atomic E-state index is 0.0301. The molecule has 21 heavy (non-hydrogen) atoms. The van der Waals surface area contributed by atoms with Gasteiger partial charge in [0.25, 0.3) is 0 Å². The van der Waals surface area contributed by atoms with Gasteiger partial charge in [-0.3, -0.25) is 4.79 Å². The highest BCUT2D eigenvalue weighted by Crippen LogP contribution is 2.35. The summed E-state index contributed by atoms with van der Waals surface area (Å²) in [6.07, 6.45) is 2.63. The lowest BCUT2D eigenvalue weighted by Crippen LogP contribution is -2.15. The van der Waals surface area contributed by atoms with E-state index in [9.17, 15) is 4.79 Å². The molecule has 1 unspecified atom stereocenters. The van der Waals surface area contributed by atoms with Gasteiger partial charge in [0.15, 0.2) is 0 Å². The summed E-state index contributed by atoms with van der Waals surface area (Å²) >= 11 is 6.16. The van der Waals surface area contributed by atoms with E-state index in [1.165, 1.54) is 11.1 Å². The van der Waals surface area contributed by atoms with Crippen molar-refractivity contribution in [3.05, 3.63) is 64.2 Å². The van der Waals surface area contributed by atoms with E-state index in [-0.39, 0.29) is 5.91 Å². The van der Waals surface area contributed by atoms with E-state index in [1.807, 2.05) is 31.2 Å². The van der Waals surface area contributed by atoms with Crippen molar-refractivity contribution in [2.75, 3.05) is 5.32 Å². The Hall–Kier alpha value is -1.80. The van der Waals surface area contributed by atoms with E-state index in [2.05, 4.69) is 23.5 Å². The van der Waals surface area contributed by atoms with Crippen LogP contribution in [0, 0.1) is 6.92 Å². The third kappa shape index (κ3) is 3.11. The van der Waals surface area contributed by atoms with E-state index >= 15 is 0 Å². The summed E-state index contributed by atoms with van der Waals surface area (Å²) in [4.78, 5) is 12.2. The number of hydrogen-bond donors (Lipinski definition) is 1. The average Bonchev–Trinajstić information content (AvgIpc) is 2.85. The van der Waals surface area contributed by atoms with Crippen LogP contribution in [0.2, 0.25) is 5.02 Å². The van der Waals surface area contributed by atoms with E-state index < -0.39 is 0 Å². The quantitative estimate of drug-likeness (QED) is 0.874. The van der Waals surface area contributed by atoms with Gasteiger partial charge in [0.2, 0.25) is 5.91 Å². The van der Waals surface area contributed by atoms with Crippen LogP contribution in [0.4, 0.5) is 5.69 Å². The number of hydrogen-bond acceptors (Lipinski definition) is 1. The zero-order valence-corrected chi connectivity index (χ0v) is 12.8. The molecular weight excluding hydrogens is 282 g/mol. The number of benzene rings is 2. The van der Waals surface area contributed by atoms with Gasteiger partial charge in [-0.1, -0.05) is 41.9 Å². The van der Waals surface area contributed by atoms with Gasteiger partial charge in [0.1, 0.15) is 0 Å². The fourth-order valence-electron chi connectivity index (χ4n) is 3.00. The highest BCUT2D eigenvalue weighted by molar-refractivity contribution is 6.33. The van der Waals surface area contributed by atoms with Gasteiger partial charge in [-0.25, -0.2) is 0 Å². The minimum atomic E-state index is 0.0301. The Morgan fingerprint density at radius 1 is 1.29 bits per heavy atom. The molecule has 3 rings (SSSR count). The molecule has 1 aliphatic rings. The van der Waals surface area contributed by atoms with Gasteiger partial charge < -0.3 is 5.32 Å². The molecule has 2 aromatic carbocycles. The summed E-state index contributed by atoms with van der Waals surface area (Å²) in [5.41, 5.74) is 4.48. The molecule has 0 bridgehead atoms. The summed E-state index contributed by atoms with van der Waals surface area (Å²) in [7, 11) is 0. The molecule has 0 aromatic heterocycles. The van der Waals surface area contributed by atoms with Crippen molar-refractivity contribution in [2.45, 2.75) is 32.1 Å². The Kier molecular flexibility index (Phi) is 3.98. The maximum Gasteiger partial charge on any atom is 0.225 e. The van der Waals surface area contributed by atoms with Crippen LogP contribution in [0.25, 0.3) is 0 Å². The summed E-state index contributed by atoms with van der Waals surface area (Å²) in [5.74, 6) is 0.355. The molecule has 0 saturated carbocycles. The van der Waals surface area contributed by atoms with Gasteiger partial charge in [0, 0.05) is 6.42 Å². The number of amides is 1. The molecule has 0 radical (unpaired) electrons. The summed E-state index contributed by atoms with van der Waals surface area (Å²) in [5, 5.41) is 3.52. The van der Waals surface area contributed by atoms with Crippen LogP contribution in [0.15, 0.2) is 42.5 Å². The number of nitrogens with one attached hydrogen (secondary N) is 1. The van der Waals surface area contributed by atoms with Crippen molar-refractivity contribution in [1.82, 2.24) is 0 Å². The van der Waals surface area contributed by atoms with Gasteiger partial charge in [-0.15, -0.1) is 0 Å². The average molecular weight is 300 g/mol. The predicted molar refractivity (Wildman–Crippen MR) is 86.9 cm³/mol. The first-order chi connectivity index (χ1) is 10.1. The predicted octanol–water partition coefficient (Wildman–Crippen LogP) is 4.71. The largest absolute Gasteiger partial charge is 0.325 e. The van der Waals surface area contributed by atoms with Crippen molar-refractivity contribution in [2.24, 2.45) is 0 Å². The summed E-state index contributed by atoms with van der Waals surface area (Å²) < 4.78 is 0. The molecule has 1 atom stereocenters. The number of carbonyl (C=O) groups excluding carboxylic acids is 1. The second kappa shape index (κ2) is 5.90. The topological polar surface area (TPSA) is 29.1 Å². The molecule has 2 nitrogen and oxygen atoms in total. The van der Waals surface area contributed by atoms with Crippen molar-refractivity contribution in [3.8, 4) is 0 Å². The minimum Gasteiger partial charge on any atom is -0.325 e. The molecule has 1 aliphatic carbocycles. The molecule has 0 aliphatic heterocycles. The number of aryl methyl sites for hydroxylation is 2. The lowest BCUT2D eigenvalue weighted by atomic mass is 9.97. The van der Waals surface area contributed by atoms with E-state index in [0.29, 0.717) is 23.0 Å². The zero-order chi connectivity index (χ0) is 14.8. The Morgan fingerprint density at radius 2 is 2.10 bits per heavy atom. The smallest absolute Gasteiger partial charge is 0.225 e. The summed E-state index contributed by atoms with van der Waals surface area (Å²) in [6, 6.07) is 14.1. The Bertz CT molecular complexity index is 681. The van der Waals surface area contributed by atoms with Gasteiger partial charge in [-0.05, 0) is 54.5 Å². The third-order valence-electron chi connectivity index (χ3n) is 4.09. The Labute approximate surface area is 130 Å². The fraction of sp³-hybridized carbons (Fsp3) is 0.278. The molecule has 2 aromatic rings. The normalized spacial score (nSPS) is 16.6. The van der Waals surface area contributed by atoms with Crippen molar-refractivity contribution in [1.29, 1.82) is 0 Å². The highest BCUT2D eigenvalue weighted by atomic mass is 35.5. The van der Waals surface area contributed by atoms with Crippen LogP contribution in [-0.4, -0.2) is 5.91 Å². The number of rotatable bonds is 3. The van der Waals surface area contributed by atoms with Gasteiger partial charge in [-0.2, -0.15) is 0 Å². The standard InChI is InChI=1S/C18H18ClNO/c1-12-6-9-17(16(19)10-12)20-18(21)11-14-8-7-13-4-2-3-5-15(13)14/h2-6,9-10,14H,7-8,11H2,1H3,(H,20,21). The molecule has 1 amide bonds. The molecular formula is C18H18ClNO. The first kappa shape index (κ1) is 14.2. The number of carbonyl (C=O) groups is 1. The number of anilines is 1. The van der Waals surface area contributed by atoms with Crippen molar-refractivity contribution < 1.29 is 4.79 Å². The van der Waals surface area contributed by atoms with Crippen LogP contribution < -0.4 is 5.32 Å².